The molecule has 27 heavy (non-hydrogen) atoms. The Balaban J connectivity index is 1.53. The van der Waals surface area contributed by atoms with Gasteiger partial charge in [-0.2, -0.15) is 0 Å². The highest BCUT2D eigenvalue weighted by Crippen LogP contribution is 2.45. The Bertz CT molecular complexity index is 575. The van der Waals surface area contributed by atoms with E-state index in [4.69, 9.17) is 0 Å². The molecule has 1 aromatic carbocycles. The molecule has 0 saturated heterocycles. The van der Waals surface area contributed by atoms with Crippen molar-refractivity contribution in [2.45, 2.75) is 96.3 Å². The Hall–Kier alpha value is -0.990. The summed E-state index contributed by atoms with van der Waals surface area (Å²) in [6, 6.07) is 4.40. The predicted octanol–water partition coefficient (Wildman–Crippen LogP) is 8.42. The zero-order chi connectivity index (χ0) is 19.2. The third-order valence-electron chi connectivity index (χ3n) is 7.22. The van der Waals surface area contributed by atoms with E-state index >= 15 is 0 Å². The van der Waals surface area contributed by atoms with Crippen molar-refractivity contribution in [3.05, 3.63) is 35.1 Å². The van der Waals surface area contributed by atoms with Crippen LogP contribution in [0.2, 0.25) is 0 Å². The van der Waals surface area contributed by atoms with Gasteiger partial charge in [0, 0.05) is 0 Å². The van der Waals surface area contributed by atoms with E-state index in [2.05, 4.69) is 6.92 Å². The molecular weight excluding hydrogens is 345 g/mol. The maximum absolute atomic E-state index is 14.0. The topological polar surface area (TPSA) is 0 Å². The van der Waals surface area contributed by atoms with Crippen LogP contribution in [0.15, 0.2) is 18.2 Å². The second-order valence-corrected chi connectivity index (χ2v) is 8.98. The van der Waals surface area contributed by atoms with Crippen molar-refractivity contribution >= 4 is 0 Å². The standard InChI is InChI=1S/C24H35F3/c1-2-3-4-6-17-9-11-18(12-10-17)19-7-5-8-20(15-19)21-13-14-22(24(26)27)23(25)16-21/h13-14,16-20,24H,2-12,15H2,1H3/t17?,18?,19?,20-/m0/s1. The van der Waals surface area contributed by atoms with Gasteiger partial charge >= 0.3 is 0 Å². The summed E-state index contributed by atoms with van der Waals surface area (Å²) in [7, 11) is 0. The molecule has 2 saturated carbocycles. The molecule has 0 nitrogen and oxygen atoms in total. The molecule has 0 bridgehead atoms. The second kappa shape index (κ2) is 9.98. The lowest BCUT2D eigenvalue weighted by atomic mass is 9.67. The van der Waals surface area contributed by atoms with Gasteiger partial charge in [-0.25, -0.2) is 13.2 Å². The number of alkyl halides is 2. The van der Waals surface area contributed by atoms with Crippen molar-refractivity contribution in [1.29, 1.82) is 0 Å². The average Bonchev–Trinajstić information content (AvgIpc) is 2.68. The van der Waals surface area contributed by atoms with Gasteiger partial charge in [-0.1, -0.05) is 70.4 Å². The maximum atomic E-state index is 14.0. The van der Waals surface area contributed by atoms with Crippen LogP contribution in [-0.2, 0) is 0 Å². The quantitative estimate of drug-likeness (QED) is 0.416. The summed E-state index contributed by atoms with van der Waals surface area (Å²) < 4.78 is 39.6. The molecule has 0 heterocycles. The fraction of sp³-hybridized carbons (Fsp3) is 0.750. The SMILES string of the molecule is CCCCCC1CCC(C2CCC[C@H](c3ccc(C(F)F)c(F)c3)C2)CC1. The molecule has 0 radical (unpaired) electrons. The van der Waals surface area contributed by atoms with Crippen molar-refractivity contribution in [2.75, 3.05) is 0 Å². The summed E-state index contributed by atoms with van der Waals surface area (Å²) >= 11 is 0. The number of unbranched alkanes of at least 4 members (excludes halogenated alkanes) is 2. The summed E-state index contributed by atoms with van der Waals surface area (Å²) in [5.41, 5.74) is 0.461. The summed E-state index contributed by atoms with van der Waals surface area (Å²) in [4.78, 5) is 0. The van der Waals surface area contributed by atoms with Gasteiger partial charge in [-0.3, -0.25) is 0 Å². The van der Waals surface area contributed by atoms with Gasteiger partial charge in [0.15, 0.2) is 0 Å². The Kier molecular flexibility index (Phi) is 7.66. The monoisotopic (exact) mass is 380 g/mol. The van der Waals surface area contributed by atoms with Crippen molar-refractivity contribution in [3.63, 3.8) is 0 Å². The predicted molar refractivity (Wildman–Crippen MR) is 106 cm³/mol. The largest absolute Gasteiger partial charge is 0.266 e. The maximum Gasteiger partial charge on any atom is 0.266 e. The molecular formula is C24H35F3. The smallest absolute Gasteiger partial charge is 0.206 e. The summed E-state index contributed by atoms with van der Waals surface area (Å²) in [5.74, 6) is 2.09. The molecule has 2 atom stereocenters. The Labute approximate surface area is 162 Å². The minimum atomic E-state index is -2.73. The Morgan fingerprint density at radius 3 is 2.41 bits per heavy atom. The third-order valence-corrected chi connectivity index (χ3v) is 7.22. The number of hydrogen-bond acceptors (Lipinski definition) is 0. The van der Waals surface area contributed by atoms with Crippen molar-refractivity contribution < 1.29 is 13.2 Å². The Morgan fingerprint density at radius 2 is 1.74 bits per heavy atom. The van der Waals surface area contributed by atoms with Gasteiger partial charge in [0.1, 0.15) is 5.82 Å². The minimum Gasteiger partial charge on any atom is -0.206 e. The van der Waals surface area contributed by atoms with Crippen LogP contribution >= 0.6 is 0 Å². The molecule has 152 valence electrons. The molecule has 0 aromatic heterocycles. The minimum absolute atomic E-state index is 0.340. The first-order chi connectivity index (χ1) is 13.1. The molecule has 3 rings (SSSR count). The molecule has 3 heteroatoms. The lowest BCUT2D eigenvalue weighted by molar-refractivity contribution is 0.145. The highest BCUT2D eigenvalue weighted by Gasteiger charge is 2.32. The summed E-state index contributed by atoms with van der Waals surface area (Å²) in [6.07, 6.45) is 12.9. The zero-order valence-corrected chi connectivity index (χ0v) is 16.7. The first-order valence-corrected chi connectivity index (χ1v) is 11.2. The normalized spacial score (nSPS) is 29.2. The summed E-state index contributed by atoms with van der Waals surface area (Å²) in [6.45, 7) is 2.27. The van der Waals surface area contributed by atoms with E-state index in [0.29, 0.717) is 5.92 Å². The van der Waals surface area contributed by atoms with Crippen LogP contribution in [0, 0.1) is 23.6 Å². The first-order valence-electron chi connectivity index (χ1n) is 11.2. The van der Waals surface area contributed by atoms with E-state index in [-0.39, 0.29) is 0 Å². The fourth-order valence-corrected chi connectivity index (χ4v) is 5.56. The summed E-state index contributed by atoms with van der Waals surface area (Å²) in [5, 5.41) is 0. The van der Waals surface area contributed by atoms with E-state index in [1.54, 1.807) is 6.07 Å². The van der Waals surface area contributed by atoms with Crippen LogP contribution in [0.25, 0.3) is 0 Å². The van der Waals surface area contributed by atoms with Gasteiger partial charge in [-0.05, 0) is 61.0 Å². The first kappa shape index (κ1) is 20.7. The molecule has 1 aromatic rings. The molecule has 0 amide bonds. The van der Waals surface area contributed by atoms with Crippen LogP contribution < -0.4 is 0 Å². The van der Waals surface area contributed by atoms with Crippen molar-refractivity contribution in [1.82, 2.24) is 0 Å². The van der Waals surface area contributed by atoms with Crippen molar-refractivity contribution in [3.8, 4) is 0 Å². The van der Waals surface area contributed by atoms with Gasteiger partial charge in [-0.15, -0.1) is 0 Å². The van der Waals surface area contributed by atoms with E-state index in [1.165, 1.54) is 76.3 Å². The zero-order valence-electron chi connectivity index (χ0n) is 16.7. The molecule has 2 fully saturated rings. The fourth-order valence-electron chi connectivity index (χ4n) is 5.56. The Morgan fingerprint density at radius 1 is 0.963 bits per heavy atom. The highest BCUT2D eigenvalue weighted by molar-refractivity contribution is 5.28. The lowest BCUT2D eigenvalue weighted by Gasteiger charge is -2.38. The van der Waals surface area contributed by atoms with Crippen LogP contribution in [0.5, 0.6) is 0 Å². The van der Waals surface area contributed by atoms with Crippen LogP contribution in [0.3, 0.4) is 0 Å². The third kappa shape index (κ3) is 5.51. The van der Waals surface area contributed by atoms with Gasteiger partial charge < -0.3 is 0 Å². The van der Waals surface area contributed by atoms with Crippen LogP contribution in [0.4, 0.5) is 13.2 Å². The van der Waals surface area contributed by atoms with E-state index in [9.17, 15) is 13.2 Å². The molecule has 1 unspecified atom stereocenters. The van der Waals surface area contributed by atoms with E-state index < -0.39 is 17.8 Å². The lowest BCUT2D eigenvalue weighted by Crippen LogP contribution is -2.26. The highest BCUT2D eigenvalue weighted by atomic mass is 19.3. The van der Waals surface area contributed by atoms with E-state index in [0.717, 1.165) is 36.2 Å². The molecule has 2 aliphatic carbocycles. The molecule has 0 aliphatic heterocycles. The van der Waals surface area contributed by atoms with Gasteiger partial charge in [0.2, 0.25) is 0 Å². The van der Waals surface area contributed by atoms with E-state index in [1.807, 2.05) is 0 Å². The number of rotatable bonds is 7. The molecule has 2 aliphatic rings. The number of benzene rings is 1. The van der Waals surface area contributed by atoms with Crippen molar-refractivity contribution in [2.24, 2.45) is 17.8 Å². The number of halogens is 3. The molecule has 0 spiro atoms. The second-order valence-electron chi connectivity index (χ2n) is 8.98. The van der Waals surface area contributed by atoms with Crippen LogP contribution in [-0.4, -0.2) is 0 Å². The van der Waals surface area contributed by atoms with Gasteiger partial charge in [0.05, 0.1) is 5.56 Å². The average molecular weight is 381 g/mol. The van der Waals surface area contributed by atoms with Gasteiger partial charge in [0.25, 0.3) is 6.43 Å². The molecule has 0 N–H and O–H groups in total. The number of hydrogen-bond donors (Lipinski definition) is 0. The van der Waals surface area contributed by atoms with Crippen LogP contribution in [0.1, 0.15) is 107 Å².